The molecule has 0 aromatic rings. The highest BCUT2D eigenvalue weighted by molar-refractivity contribution is 5.76. The molecule has 0 aromatic heterocycles. The second-order valence-corrected chi connectivity index (χ2v) is 6.71. The fraction of sp³-hybridized carbons (Fsp3) is 0.875. The number of likely N-dealkylation sites (tertiary alicyclic amines) is 1. The number of rotatable bonds is 4. The highest BCUT2D eigenvalue weighted by atomic mass is 16.4. The first-order valence-electron chi connectivity index (χ1n) is 8.25. The number of urea groups is 1. The molecule has 21 heavy (non-hydrogen) atoms. The third kappa shape index (κ3) is 3.69. The number of piperidine rings is 1. The molecular weight excluding hydrogens is 268 g/mol. The van der Waals surface area contributed by atoms with Crippen LogP contribution in [0.25, 0.3) is 0 Å². The van der Waals surface area contributed by atoms with Gasteiger partial charge in [0.1, 0.15) is 0 Å². The van der Waals surface area contributed by atoms with E-state index in [4.69, 9.17) is 5.11 Å². The zero-order valence-electron chi connectivity index (χ0n) is 13.3. The van der Waals surface area contributed by atoms with Crippen LogP contribution in [0.4, 0.5) is 4.79 Å². The molecule has 0 radical (unpaired) electrons. The van der Waals surface area contributed by atoms with Crippen LogP contribution < -0.4 is 0 Å². The minimum absolute atomic E-state index is 0.0113. The van der Waals surface area contributed by atoms with Crippen LogP contribution >= 0.6 is 0 Å². The topological polar surface area (TPSA) is 60.9 Å². The van der Waals surface area contributed by atoms with E-state index in [-0.39, 0.29) is 18.5 Å². The quantitative estimate of drug-likeness (QED) is 0.867. The predicted molar refractivity (Wildman–Crippen MR) is 81.2 cm³/mol. The van der Waals surface area contributed by atoms with Crippen molar-refractivity contribution in [3.8, 4) is 0 Å². The lowest BCUT2D eigenvalue weighted by Crippen LogP contribution is -2.51. The first-order valence-corrected chi connectivity index (χ1v) is 8.25. The highest BCUT2D eigenvalue weighted by Gasteiger charge is 2.39. The van der Waals surface area contributed by atoms with Crippen molar-refractivity contribution in [2.75, 3.05) is 19.6 Å². The van der Waals surface area contributed by atoms with E-state index < -0.39 is 5.97 Å². The molecule has 1 spiro atoms. The average molecular weight is 296 g/mol. The zero-order chi connectivity index (χ0) is 15.5. The molecule has 1 aliphatic carbocycles. The summed E-state index contributed by atoms with van der Waals surface area (Å²) in [6.07, 6.45) is 7.56. The first-order chi connectivity index (χ1) is 9.97. The van der Waals surface area contributed by atoms with Gasteiger partial charge in [0.2, 0.25) is 0 Å². The molecule has 2 aliphatic rings. The second-order valence-electron chi connectivity index (χ2n) is 6.71. The maximum atomic E-state index is 12.6. The Labute approximate surface area is 127 Å². The van der Waals surface area contributed by atoms with Crippen LogP contribution in [0, 0.1) is 5.41 Å². The molecule has 1 heterocycles. The highest BCUT2D eigenvalue weighted by Crippen LogP contribution is 2.46. The number of amides is 2. The number of carbonyl (C=O) groups is 2. The summed E-state index contributed by atoms with van der Waals surface area (Å²) in [5.41, 5.74) is 0.501. The Kier molecular flexibility index (Phi) is 5.12. The Morgan fingerprint density at radius 3 is 2.24 bits per heavy atom. The number of hydrogen-bond donors (Lipinski definition) is 1. The summed E-state index contributed by atoms with van der Waals surface area (Å²) in [6, 6.07) is -0.235. The number of carboxylic acids is 1. The van der Waals surface area contributed by atoms with Crippen molar-refractivity contribution in [2.45, 2.75) is 64.8 Å². The lowest BCUT2D eigenvalue weighted by atomic mass is 9.77. The van der Waals surface area contributed by atoms with Crippen molar-refractivity contribution in [1.82, 2.24) is 9.80 Å². The van der Waals surface area contributed by atoms with E-state index in [1.807, 2.05) is 18.7 Å². The smallest absolute Gasteiger partial charge is 0.320 e. The molecule has 120 valence electrons. The molecule has 2 fully saturated rings. The van der Waals surface area contributed by atoms with Gasteiger partial charge in [-0.15, -0.1) is 0 Å². The molecule has 1 saturated carbocycles. The summed E-state index contributed by atoms with van der Waals surface area (Å²) in [5.74, 6) is -0.850. The molecule has 5 heteroatoms. The number of nitrogens with zero attached hydrogens (tertiary/aromatic N) is 2. The number of aliphatic carboxylic acids is 1. The molecule has 1 saturated heterocycles. The molecular formula is C16H28N2O3. The molecule has 2 rings (SSSR count). The van der Waals surface area contributed by atoms with Crippen LogP contribution in [-0.4, -0.2) is 52.6 Å². The van der Waals surface area contributed by atoms with E-state index >= 15 is 0 Å². The molecule has 2 amide bonds. The van der Waals surface area contributed by atoms with E-state index in [0.29, 0.717) is 12.0 Å². The predicted octanol–water partition coefficient (Wildman–Crippen LogP) is 2.95. The summed E-state index contributed by atoms with van der Waals surface area (Å²) in [5, 5.41) is 8.91. The Balaban J connectivity index is 1.91. The van der Waals surface area contributed by atoms with Crippen LogP contribution in [0.2, 0.25) is 0 Å². The van der Waals surface area contributed by atoms with E-state index in [9.17, 15) is 9.59 Å². The number of carboxylic acid groups (broad SMARTS) is 1. The third-order valence-corrected chi connectivity index (χ3v) is 5.35. The van der Waals surface area contributed by atoms with Gasteiger partial charge in [0.05, 0.1) is 6.42 Å². The SMILES string of the molecule is CCN(C(=O)N1CCC2(CCCC2)CC1)C(C)CC(=O)O. The van der Waals surface area contributed by atoms with Gasteiger partial charge in [-0.3, -0.25) is 4.79 Å². The Morgan fingerprint density at radius 1 is 1.19 bits per heavy atom. The Hall–Kier alpha value is -1.26. The van der Waals surface area contributed by atoms with Gasteiger partial charge in [-0.2, -0.15) is 0 Å². The van der Waals surface area contributed by atoms with Crippen molar-refractivity contribution >= 4 is 12.0 Å². The van der Waals surface area contributed by atoms with E-state index in [1.54, 1.807) is 4.90 Å². The van der Waals surface area contributed by atoms with Crippen LogP contribution in [0.3, 0.4) is 0 Å². The molecule has 1 unspecified atom stereocenters. The fourth-order valence-electron chi connectivity index (χ4n) is 3.98. The fourth-order valence-corrected chi connectivity index (χ4v) is 3.98. The van der Waals surface area contributed by atoms with Crippen LogP contribution in [0.15, 0.2) is 0 Å². The molecule has 1 aliphatic heterocycles. The Bertz CT molecular complexity index is 381. The monoisotopic (exact) mass is 296 g/mol. The van der Waals surface area contributed by atoms with E-state index in [2.05, 4.69) is 0 Å². The summed E-state index contributed by atoms with van der Waals surface area (Å²) in [6.45, 7) is 5.95. The van der Waals surface area contributed by atoms with Gasteiger partial charge in [-0.25, -0.2) is 4.79 Å². The normalized spacial score (nSPS) is 22.3. The largest absolute Gasteiger partial charge is 0.481 e. The van der Waals surface area contributed by atoms with Gasteiger partial charge in [-0.1, -0.05) is 12.8 Å². The van der Waals surface area contributed by atoms with Gasteiger partial charge >= 0.3 is 12.0 Å². The number of carbonyl (C=O) groups excluding carboxylic acids is 1. The van der Waals surface area contributed by atoms with E-state index in [0.717, 1.165) is 25.9 Å². The first kappa shape index (κ1) is 16.1. The summed E-state index contributed by atoms with van der Waals surface area (Å²) < 4.78 is 0. The van der Waals surface area contributed by atoms with Gasteiger partial charge < -0.3 is 14.9 Å². The lowest BCUT2D eigenvalue weighted by Gasteiger charge is -2.42. The van der Waals surface area contributed by atoms with Gasteiger partial charge in [0, 0.05) is 25.7 Å². The van der Waals surface area contributed by atoms with Gasteiger partial charge in [0.25, 0.3) is 0 Å². The molecule has 0 bridgehead atoms. The summed E-state index contributed by atoms with van der Waals surface area (Å²) in [7, 11) is 0. The summed E-state index contributed by atoms with van der Waals surface area (Å²) >= 11 is 0. The molecule has 1 N–H and O–H groups in total. The maximum Gasteiger partial charge on any atom is 0.320 e. The van der Waals surface area contributed by atoms with Crippen molar-refractivity contribution in [3.05, 3.63) is 0 Å². The van der Waals surface area contributed by atoms with Crippen LogP contribution in [-0.2, 0) is 4.79 Å². The molecule has 5 nitrogen and oxygen atoms in total. The maximum absolute atomic E-state index is 12.6. The van der Waals surface area contributed by atoms with E-state index in [1.165, 1.54) is 25.7 Å². The number of hydrogen-bond acceptors (Lipinski definition) is 2. The van der Waals surface area contributed by atoms with Gasteiger partial charge in [0.15, 0.2) is 0 Å². The standard InChI is InChI=1S/C16H28N2O3/c1-3-18(13(2)12-14(19)20)15(21)17-10-8-16(9-11-17)6-4-5-7-16/h13H,3-12H2,1-2H3,(H,19,20). The zero-order valence-corrected chi connectivity index (χ0v) is 13.3. The van der Waals surface area contributed by atoms with Crippen LogP contribution in [0.1, 0.15) is 58.8 Å². The van der Waals surface area contributed by atoms with Crippen molar-refractivity contribution in [3.63, 3.8) is 0 Å². The third-order valence-electron chi connectivity index (χ3n) is 5.35. The molecule has 0 aromatic carbocycles. The second kappa shape index (κ2) is 6.67. The van der Waals surface area contributed by atoms with Crippen molar-refractivity contribution < 1.29 is 14.7 Å². The average Bonchev–Trinajstić information content (AvgIpc) is 2.87. The van der Waals surface area contributed by atoms with Crippen molar-refractivity contribution in [2.24, 2.45) is 5.41 Å². The Morgan fingerprint density at radius 2 is 1.76 bits per heavy atom. The van der Waals surface area contributed by atoms with Gasteiger partial charge in [-0.05, 0) is 44.9 Å². The van der Waals surface area contributed by atoms with Crippen LogP contribution in [0.5, 0.6) is 0 Å². The molecule has 1 atom stereocenters. The van der Waals surface area contributed by atoms with Crippen molar-refractivity contribution in [1.29, 1.82) is 0 Å². The summed E-state index contributed by atoms with van der Waals surface area (Å²) in [4.78, 5) is 27.1. The minimum Gasteiger partial charge on any atom is -0.481 e. The lowest BCUT2D eigenvalue weighted by molar-refractivity contribution is -0.138. The minimum atomic E-state index is -0.850.